The molecule has 0 aliphatic carbocycles. The summed E-state index contributed by atoms with van der Waals surface area (Å²) in [5.41, 5.74) is 3.42. The number of hydrogen-bond acceptors (Lipinski definition) is 3. The van der Waals surface area contributed by atoms with Crippen LogP contribution in [0.25, 0.3) is 11.3 Å². The van der Waals surface area contributed by atoms with E-state index in [1.807, 2.05) is 61.5 Å². The second kappa shape index (κ2) is 7.57. The first-order chi connectivity index (χ1) is 12.1. The average Bonchev–Trinajstić information content (AvgIpc) is 2.63. The Labute approximate surface area is 145 Å². The van der Waals surface area contributed by atoms with Crippen molar-refractivity contribution >= 4 is 5.91 Å². The maximum absolute atomic E-state index is 12.1. The molecule has 0 bridgehead atoms. The SMILES string of the molecule is Cc1ccc(-c2ccc(=O)n(CC(=O)NCc3ccccc3)n2)cc1. The molecule has 3 rings (SSSR count). The summed E-state index contributed by atoms with van der Waals surface area (Å²) in [6.45, 7) is 2.33. The first kappa shape index (κ1) is 16.6. The summed E-state index contributed by atoms with van der Waals surface area (Å²) in [7, 11) is 0. The van der Waals surface area contributed by atoms with Crippen molar-refractivity contribution in [1.82, 2.24) is 15.1 Å². The molecular weight excluding hydrogens is 314 g/mol. The van der Waals surface area contributed by atoms with Crippen molar-refractivity contribution in [3.8, 4) is 11.3 Å². The number of rotatable bonds is 5. The number of amides is 1. The molecule has 0 fully saturated rings. The first-order valence-corrected chi connectivity index (χ1v) is 8.08. The zero-order chi connectivity index (χ0) is 17.6. The molecule has 0 saturated heterocycles. The minimum Gasteiger partial charge on any atom is -0.350 e. The number of nitrogens with zero attached hydrogens (tertiary/aromatic N) is 2. The van der Waals surface area contributed by atoms with E-state index in [1.165, 1.54) is 10.7 Å². The lowest BCUT2D eigenvalue weighted by atomic mass is 10.1. The molecule has 1 amide bonds. The van der Waals surface area contributed by atoms with Crippen LogP contribution in [-0.2, 0) is 17.9 Å². The second-order valence-electron chi connectivity index (χ2n) is 5.84. The molecule has 25 heavy (non-hydrogen) atoms. The summed E-state index contributed by atoms with van der Waals surface area (Å²) >= 11 is 0. The first-order valence-electron chi connectivity index (χ1n) is 8.08. The van der Waals surface area contributed by atoms with E-state index < -0.39 is 0 Å². The predicted molar refractivity (Wildman–Crippen MR) is 97.0 cm³/mol. The fourth-order valence-corrected chi connectivity index (χ4v) is 2.43. The number of benzene rings is 2. The summed E-state index contributed by atoms with van der Waals surface area (Å²) in [6.07, 6.45) is 0. The molecule has 0 saturated carbocycles. The van der Waals surface area contributed by atoms with Gasteiger partial charge >= 0.3 is 0 Å². The van der Waals surface area contributed by atoms with Crippen LogP contribution in [0, 0.1) is 6.92 Å². The monoisotopic (exact) mass is 333 g/mol. The highest BCUT2D eigenvalue weighted by Crippen LogP contribution is 2.15. The van der Waals surface area contributed by atoms with Gasteiger partial charge in [-0.3, -0.25) is 9.59 Å². The molecule has 0 spiro atoms. The summed E-state index contributed by atoms with van der Waals surface area (Å²) in [5, 5.41) is 7.11. The zero-order valence-corrected chi connectivity index (χ0v) is 14.0. The van der Waals surface area contributed by atoms with Gasteiger partial charge in [0.05, 0.1) is 5.69 Å². The van der Waals surface area contributed by atoms with Crippen LogP contribution in [0.1, 0.15) is 11.1 Å². The lowest BCUT2D eigenvalue weighted by Crippen LogP contribution is -2.33. The van der Waals surface area contributed by atoms with Gasteiger partial charge in [-0.1, -0.05) is 60.2 Å². The highest BCUT2D eigenvalue weighted by Gasteiger charge is 2.08. The molecule has 1 heterocycles. The topological polar surface area (TPSA) is 64.0 Å². The van der Waals surface area contributed by atoms with Crippen LogP contribution in [0.15, 0.2) is 71.5 Å². The molecule has 5 nitrogen and oxygen atoms in total. The molecular formula is C20H19N3O2. The molecule has 2 aromatic carbocycles. The summed E-state index contributed by atoms with van der Waals surface area (Å²) in [5.74, 6) is -0.250. The zero-order valence-electron chi connectivity index (χ0n) is 14.0. The van der Waals surface area contributed by atoms with Crippen LogP contribution < -0.4 is 10.9 Å². The van der Waals surface area contributed by atoms with Crippen LogP contribution in [0.2, 0.25) is 0 Å². The Kier molecular flexibility index (Phi) is 5.04. The number of carbonyl (C=O) groups excluding carboxylic acids is 1. The maximum Gasteiger partial charge on any atom is 0.267 e. The third-order valence-corrected chi connectivity index (χ3v) is 3.84. The molecule has 3 aromatic rings. The summed E-state index contributed by atoms with van der Waals surface area (Å²) in [6, 6.07) is 20.6. The van der Waals surface area contributed by atoms with Gasteiger partial charge < -0.3 is 5.32 Å². The van der Waals surface area contributed by atoms with Gasteiger partial charge in [0.1, 0.15) is 6.54 Å². The van der Waals surface area contributed by atoms with Crippen molar-refractivity contribution in [1.29, 1.82) is 0 Å². The van der Waals surface area contributed by atoms with Crippen molar-refractivity contribution in [2.75, 3.05) is 0 Å². The molecule has 5 heteroatoms. The Bertz CT molecular complexity index is 916. The number of carbonyl (C=O) groups is 1. The second-order valence-corrected chi connectivity index (χ2v) is 5.84. The number of hydrogen-bond donors (Lipinski definition) is 1. The largest absolute Gasteiger partial charge is 0.350 e. The van der Waals surface area contributed by atoms with E-state index in [0.717, 1.165) is 16.7 Å². The Morgan fingerprint density at radius 1 is 1.00 bits per heavy atom. The van der Waals surface area contributed by atoms with Gasteiger partial charge in [0.25, 0.3) is 5.56 Å². The molecule has 126 valence electrons. The van der Waals surface area contributed by atoms with Crippen LogP contribution in [0.4, 0.5) is 0 Å². The van der Waals surface area contributed by atoms with Crippen molar-refractivity contribution < 1.29 is 4.79 Å². The molecule has 0 aliphatic heterocycles. The molecule has 0 aliphatic rings. The fourth-order valence-electron chi connectivity index (χ4n) is 2.43. The van der Waals surface area contributed by atoms with E-state index in [-0.39, 0.29) is 18.0 Å². The lowest BCUT2D eigenvalue weighted by molar-refractivity contribution is -0.122. The average molecular weight is 333 g/mol. The van der Waals surface area contributed by atoms with Gasteiger partial charge in [-0.2, -0.15) is 5.10 Å². The van der Waals surface area contributed by atoms with Gasteiger partial charge in [0.2, 0.25) is 5.91 Å². The van der Waals surface area contributed by atoms with E-state index in [0.29, 0.717) is 12.2 Å². The van der Waals surface area contributed by atoms with E-state index in [9.17, 15) is 9.59 Å². The Hall–Kier alpha value is -3.21. The Morgan fingerprint density at radius 2 is 1.72 bits per heavy atom. The van der Waals surface area contributed by atoms with Gasteiger partial charge in [0.15, 0.2) is 0 Å². The Balaban J connectivity index is 1.71. The highest BCUT2D eigenvalue weighted by molar-refractivity contribution is 5.75. The third kappa shape index (κ3) is 4.41. The number of aromatic nitrogens is 2. The number of aryl methyl sites for hydroxylation is 1. The van der Waals surface area contributed by atoms with Gasteiger partial charge in [-0.15, -0.1) is 0 Å². The van der Waals surface area contributed by atoms with Gasteiger partial charge in [-0.05, 0) is 18.6 Å². The summed E-state index contributed by atoms with van der Waals surface area (Å²) in [4.78, 5) is 24.1. The van der Waals surface area contributed by atoms with Crippen LogP contribution in [0.5, 0.6) is 0 Å². The molecule has 1 aromatic heterocycles. The van der Waals surface area contributed by atoms with Crippen molar-refractivity contribution in [2.24, 2.45) is 0 Å². The molecule has 1 N–H and O–H groups in total. The fraction of sp³-hybridized carbons (Fsp3) is 0.150. The number of nitrogens with one attached hydrogen (secondary N) is 1. The lowest BCUT2D eigenvalue weighted by Gasteiger charge is -2.08. The van der Waals surface area contributed by atoms with Crippen molar-refractivity contribution in [2.45, 2.75) is 20.0 Å². The third-order valence-electron chi connectivity index (χ3n) is 3.84. The smallest absolute Gasteiger partial charge is 0.267 e. The van der Waals surface area contributed by atoms with Crippen LogP contribution in [0.3, 0.4) is 0 Å². The van der Waals surface area contributed by atoms with Crippen LogP contribution in [-0.4, -0.2) is 15.7 Å². The molecule has 0 atom stereocenters. The van der Waals surface area contributed by atoms with E-state index in [2.05, 4.69) is 10.4 Å². The van der Waals surface area contributed by atoms with Crippen LogP contribution >= 0.6 is 0 Å². The summed E-state index contributed by atoms with van der Waals surface area (Å²) < 4.78 is 1.19. The van der Waals surface area contributed by atoms with Gasteiger partial charge in [0, 0.05) is 18.2 Å². The minimum absolute atomic E-state index is 0.106. The van der Waals surface area contributed by atoms with Crippen molar-refractivity contribution in [3.63, 3.8) is 0 Å². The molecule has 0 unspecified atom stereocenters. The predicted octanol–water partition coefficient (Wildman–Crippen LogP) is 2.54. The minimum atomic E-state index is -0.300. The van der Waals surface area contributed by atoms with E-state index in [1.54, 1.807) is 6.07 Å². The quantitative estimate of drug-likeness (QED) is 0.780. The highest BCUT2D eigenvalue weighted by atomic mass is 16.2. The van der Waals surface area contributed by atoms with Crippen molar-refractivity contribution in [3.05, 3.63) is 88.2 Å². The standard InChI is InChI=1S/C20H19N3O2/c1-15-7-9-17(10-8-15)18-11-12-20(25)23(22-18)14-19(24)21-13-16-5-3-2-4-6-16/h2-12H,13-14H2,1H3,(H,21,24). The van der Waals surface area contributed by atoms with E-state index in [4.69, 9.17) is 0 Å². The van der Waals surface area contributed by atoms with E-state index >= 15 is 0 Å². The molecule has 0 radical (unpaired) electrons. The maximum atomic E-state index is 12.1. The Morgan fingerprint density at radius 3 is 2.44 bits per heavy atom. The van der Waals surface area contributed by atoms with Gasteiger partial charge in [-0.25, -0.2) is 4.68 Å². The normalized spacial score (nSPS) is 10.4.